The topological polar surface area (TPSA) is 78.3 Å². The highest BCUT2D eigenvalue weighted by Gasteiger charge is 2.18. The second-order valence-electron chi connectivity index (χ2n) is 7.65. The number of ether oxygens (including phenoxy) is 1. The van der Waals surface area contributed by atoms with Crippen LogP contribution in [0, 0.1) is 17.6 Å². The van der Waals surface area contributed by atoms with Crippen LogP contribution in [0.3, 0.4) is 0 Å². The average molecular weight is 463 g/mol. The van der Waals surface area contributed by atoms with Crippen molar-refractivity contribution < 1.29 is 21.9 Å². The minimum Gasteiger partial charge on any atom is -0.487 e. The molecule has 0 spiro atoms. The molecule has 1 atom stereocenters. The first-order chi connectivity index (χ1) is 15.1. The van der Waals surface area contributed by atoms with Crippen molar-refractivity contribution in [1.82, 2.24) is 9.78 Å². The van der Waals surface area contributed by atoms with Gasteiger partial charge in [-0.2, -0.15) is 9.78 Å². The molecule has 1 unspecified atom stereocenters. The minimum atomic E-state index is -3.38. The minimum absolute atomic E-state index is 0.000131. The highest BCUT2D eigenvalue weighted by atomic mass is 32.2. The van der Waals surface area contributed by atoms with Crippen LogP contribution in [0.1, 0.15) is 26.7 Å². The van der Waals surface area contributed by atoms with Crippen LogP contribution in [0.4, 0.5) is 8.78 Å². The SMILES string of the molecule is CCC(C)CCOc1c(-c2ccc(S(C)(=O)=O)cc2)cnn(-c2ccc(F)c(F)c2)c1=O. The predicted octanol–water partition coefficient (Wildman–Crippen LogP) is 4.40. The van der Waals surface area contributed by atoms with Gasteiger partial charge in [-0.25, -0.2) is 17.2 Å². The zero-order valence-electron chi connectivity index (χ0n) is 18.0. The number of sulfone groups is 1. The van der Waals surface area contributed by atoms with Gasteiger partial charge in [-0.05, 0) is 42.2 Å². The zero-order valence-corrected chi connectivity index (χ0v) is 18.8. The van der Waals surface area contributed by atoms with Gasteiger partial charge in [-0.3, -0.25) is 4.79 Å². The molecule has 0 fully saturated rings. The van der Waals surface area contributed by atoms with Crippen LogP contribution in [0.25, 0.3) is 16.8 Å². The Labute approximate surface area is 185 Å². The fraction of sp³-hybridized carbons (Fsp3) is 0.304. The molecule has 1 aromatic heterocycles. The molecule has 0 bridgehead atoms. The molecule has 0 saturated carbocycles. The quantitative estimate of drug-likeness (QED) is 0.496. The molecular formula is C23H24F2N2O4S. The lowest BCUT2D eigenvalue weighted by atomic mass is 10.1. The van der Waals surface area contributed by atoms with E-state index < -0.39 is 27.0 Å². The van der Waals surface area contributed by atoms with Crippen molar-refractivity contribution in [2.45, 2.75) is 31.6 Å². The number of aromatic nitrogens is 2. The molecule has 0 radical (unpaired) electrons. The van der Waals surface area contributed by atoms with E-state index >= 15 is 0 Å². The first-order valence-corrected chi connectivity index (χ1v) is 12.0. The highest BCUT2D eigenvalue weighted by Crippen LogP contribution is 2.28. The van der Waals surface area contributed by atoms with Gasteiger partial charge in [0.2, 0.25) is 0 Å². The largest absolute Gasteiger partial charge is 0.487 e. The van der Waals surface area contributed by atoms with Crippen LogP contribution in [-0.2, 0) is 9.84 Å². The smallest absolute Gasteiger partial charge is 0.314 e. The maximum absolute atomic E-state index is 13.7. The maximum Gasteiger partial charge on any atom is 0.314 e. The second-order valence-corrected chi connectivity index (χ2v) is 9.67. The van der Waals surface area contributed by atoms with Crippen molar-refractivity contribution in [1.29, 1.82) is 0 Å². The molecular weight excluding hydrogens is 438 g/mol. The third-order valence-electron chi connectivity index (χ3n) is 5.23. The molecule has 0 N–H and O–H groups in total. The molecule has 3 aromatic rings. The Morgan fingerprint density at radius 2 is 1.78 bits per heavy atom. The van der Waals surface area contributed by atoms with Crippen LogP contribution in [0.2, 0.25) is 0 Å². The van der Waals surface area contributed by atoms with Crippen LogP contribution < -0.4 is 10.3 Å². The van der Waals surface area contributed by atoms with E-state index in [9.17, 15) is 22.0 Å². The second kappa shape index (κ2) is 9.60. The fourth-order valence-electron chi connectivity index (χ4n) is 3.03. The number of halogens is 2. The molecule has 6 nitrogen and oxygen atoms in total. The molecule has 0 aliphatic carbocycles. The number of hydrogen-bond acceptors (Lipinski definition) is 5. The first-order valence-electron chi connectivity index (χ1n) is 10.1. The summed E-state index contributed by atoms with van der Waals surface area (Å²) in [6.07, 6.45) is 4.17. The molecule has 3 rings (SSSR count). The Morgan fingerprint density at radius 1 is 1.09 bits per heavy atom. The van der Waals surface area contributed by atoms with Crippen LogP contribution >= 0.6 is 0 Å². The summed E-state index contributed by atoms with van der Waals surface area (Å²) in [6, 6.07) is 9.05. The van der Waals surface area contributed by atoms with E-state index in [4.69, 9.17) is 4.74 Å². The maximum atomic E-state index is 13.7. The summed E-state index contributed by atoms with van der Waals surface area (Å²) >= 11 is 0. The van der Waals surface area contributed by atoms with Gasteiger partial charge in [0, 0.05) is 17.9 Å². The van der Waals surface area contributed by atoms with Crippen LogP contribution in [-0.4, -0.2) is 31.1 Å². The lowest BCUT2D eigenvalue weighted by molar-refractivity contribution is 0.277. The van der Waals surface area contributed by atoms with Crippen LogP contribution in [0.15, 0.2) is 58.4 Å². The number of rotatable bonds is 8. The summed E-state index contributed by atoms with van der Waals surface area (Å²) < 4.78 is 57.3. The monoisotopic (exact) mass is 462 g/mol. The van der Waals surface area contributed by atoms with E-state index in [1.54, 1.807) is 12.1 Å². The Balaban J connectivity index is 2.08. The van der Waals surface area contributed by atoms with Crippen molar-refractivity contribution in [3.8, 4) is 22.6 Å². The van der Waals surface area contributed by atoms with Crippen molar-refractivity contribution in [3.05, 3.63) is 70.6 Å². The molecule has 0 amide bonds. The van der Waals surface area contributed by atoms with Gasteiger partial charge in [0.15, 0.2) is 27.2 Å². The van der Waals surface area contributed by atoms with Gasteiger partial charge in [0.25, 0.3) is 0 Å². The van der Waals surface area contributed by atoms with Crippen molar-refractivity contribution in [2.75, 3.05) is 12.9 Å². The summed E-state index contributed by atoms with van der Waals surface area (Å²) in [4.78, 5) is 13.3. The van der Waals surface area contributed by atoms with E-state index in [1.807, 2.05) is 0 Å². The van der Waals surface area contributed by atoms with Crippen molar-refractivity contribution >= 4 is 9.84 Å². The standard InChI is InChI=1S/C23H24F2N2O4S/c1-4-15(2)11-12-31-22-19(16-5-8-18(9-6-16)32(3,29)30)14-26-27(23(22)28)17-7-10-20(24)21(25)13-17/h5-10,13-15H,4,11-12H2,1-3H3. The molecule has 0 aliphatic heterocycles. The fourth-order valence-corrected chi connectivity index (χ4v) is 3.66. The van der Waals surface area contributed by atoms with Gasteiger partial charge in [-0.15, -0.1) is 0 Å². The molecule has 32 heavy (non-hydrogen) atoms. The average Bonchev–Trinajstić information content (AvgIpc) is 2.76. The van der Waals surface area contributed by atoms with Crippen LogP contribution in [0.5, 0.6) is 5.75 Å². The van der Waals surface area contributed by atoms with Gasteiger partial charge in [-0.1, -0.05) is 32.4 Å². The van der Waals surface area contributed by atoms with E-state index in [0.717, 1.165) is 35.9 Å². The van der Waals surface area contributed by atoms with E-state index in [2.05, 4.69) is 18.9 Å². The normalized spacial score (nSPS) is 12.5. The summed E-state index contributed by atoms with van der Waals surface area (Å²) in [5, 5.41) is 4.10. The van der Waals surface area contributed by atoms with Gasteiger partial charge < -0.3 is 4.74 Å². The summed E-state index contributed by atoms with van der Waals surface area (Å²) in [7, 11) is -3.38. The Bertz CT molecular complexity index is 1270. The van der Waals surface area contributed by atoms with Gasteiger partial charge in [0.05, 0.1) is 23.4 Å². The summed E-state index contributed by atoms with van der Waals surface area (Å²) in [5.74, 6) is -1.74. The van der Waals surface area contributed by atoms with Crippen molar-refractivity contribution in [3.63, 3.8) is 0 Å². The Kier molecular flexibility index (Phi) is 7.08. The highest BCUT2D eigenvalue weighted by molar-refractivity contribution is 7.90. The van der Waals surface area contributed by atoms with E-state index in [1.165, 1.54) is 24.4 Å². The molecule has 1 heterocycles. The lowest BCUT2D eigenvalue weighted by Gasteiger charge is -2.15. The third kappa shape index (κ3) is 5.21. The molecule has 0 aliphatic rings. The molecule has 0 saturated heterocycles. The van der Waals surface area contributed by atoms with Gasteiger partial charge in [0.1, 0.15) is 0 Å². The Morgan fingerprint density at radius 3 is 2.38 bits per heavy atom. The van der Waals surface area contributed by atoms with E-state index in [-0.39, 0.29) is 22.9 Å². The number of benzene rings is 2. The molecule has 2 aromatic carbocycles. The number of hydrogen-bond donors (Lipinski definition) is 0. The van der Waals surface area contributed by atoms with Crippen molar-refractivity contribution in [2.24, 2.45) is 5.92 Å². The predicted molar refractivity (Wildman–Crippen MR) is 118 cm³/mol. The van der Waals surface area contributed by atoms with E-state index in [0.29, 0.717) is 17.0 Å². The molecule has 170 valence electrons. The summed E-state index contributed by atoms with van der Waals surface area (Å²) in [5.41, 5.74) is 0.334. The first kappa shape index (κ1) is 23.6. The van der Waals surface area contributed by atoms with Gasteiger partial charge >= 0.3 is 5.56 Å². The zero-order chi connectivity index (χ0) is 23.5. The molecule has 9 heteroatoms. The third-order valence-corrected chi connectivity index (χ3v) is 6.36. The lowest BCUT2D eigenvalue weighted by Crippen LogP contribution is -2.24. The Hall–Kier alpha value is -3.07. The number of nitrogens with zero attached hydrogens (tertiary/aromatic N) is 2. The summed E-state index contributed by atoms with van der Waals surface area (Å²) in [6.45, 7) is 4.41.